The minimum absolute atomic E-state index is 0.00191. The number of esters is 1. The van der Waals surface area contributed by atoms with Crippen LogP contribution in [0.25, 0.3) is 0 Å². The quantitative estimate of drug-likeness (QED) is 0.718. The second-order valence-corrected chi connectivity index (χ2v) is 6.07. The lowest BCUT2D eigenvalue weighted by Gasteiger charge is -2.13. The van der Waals surface area contributed by atoms with Crippen molar-refractivity contribution in [3.05, 3.63) is 17.6 Å². The van der Waals surface area contributed by atoms with Gasteiger partial charge in [0.15, 0.2) is 0 Å². The highest BCUT2D eigenvalue weighted by molar-refractivity contribution is 7.89. The molecule has 7 nitrogen and oxygen atoms in total. The van der Waals surface area contributed by atoms with Crippen LogP contribution < -0.4 is 10.0 Å². The van der Waals surface area contributed by atoms with E-state index in [1.807, 2.05) is 13.8 Å². The van der Waals surface area contributed by atoms with E-state index in [1.165, 1.54) is 20.1 Å². The molecule has 0 aromatic carbocycles. The predicted octanol–water partition coefficient (Wildman–Crippen LogP) is 0.651. The lowest BCUT2D eigenvalue weighted by molar-refractivity contribution is 0.0563. The second-order valence-electron chi connectivity index (χ2n) is 4.33. The molecule has 0 saturated carbocycles. The molecule has 0 fully saturated rings. The fraction of sp³-hybridized carbons (Fsp3) is 0.583. The largest absolute Gasteiger partial charge is 0.463 e. The SMILES string of the molecule is CCN[C@H](C)CNS(=O)(=O)c1cc(C(=O)OC)oc1C. The van der Waals surface area contributed by atoms with Crippen molar-refractivity contribution in [3.8, 4) is 0 Å². The molecule has 0 unspecified atom stereocenters. The number of furan rings is 1. The number of nitrogens with one attached hydrogen (secondary N) is 2. The van der Waals surface area contributed by atoms with Gasteiger partial charge in [-0.25, -0.2) is 17.9 Å². The standard InChI is InChI=1S/C12H20N2O5S/c1-5-13-8(2)7-14-20(16,17)11-6-10(12(15)18-4)19-9(11)3/h6,8,13-14H,5,7H2,1-4H3/t8-/m1/s1. The van der Waals surface area contributed by atoms with Crippen molar-refractivity contribution in [2.75, 3.05) is 20.2 Å². The van der Waals surface area contributed by atoms with Crippen LogP contribution in [0.15, 0.2) is 15.4 Å². The van der Waals surface area contributed by atoms with E-state index in [4.69, 9.17) is 4.42 Å². The molecule has 1 aromatic rings. The van der Waals surface area contributed by atoms with Gasteiger partial charge >= 0.3 is 5.97 Å². The summed E-state index contributed by atoms with van der Waals surface area (Å²) in [4.78, 5) is 11.3. The lowest BCUT2D eigenvalue weighted by atomic mass is 10.3. The molecule has 0 aliphatic carbocycles. The molecule has 0 radical (unpaired) electrons. The van der Waals surface area contributed by atoms with E-state index in [0.717, 1.165) is 6.54 Å². The maximum absolute atomic E-state index is 12.1. The van der Waals surface area contributed by atoms with Gasteiger partial charge in [0.1, 0.15) is 10.7 Å². The Bertz CT molecular complexity index is 564. The Kier molecular flexibility index (Phi) is 5.73. The third kappa shape index (κ3) is 4.06. The zero-order valence-corrected chi connectivity index (χ0v) is 12.8. The molecule has 8 heteroatoms. The summed E-state index contributed by atoms with van der Waals surface area (Å²) in [6, 6.07) is 1.17. The topological polar surface area (TPSA) is 97.6 Å². The zero-order chi connectivity index (χ0) is 15.3. The van der Waals surface area contributed by atoms with Crippen LogP contribution in [0.2, 0.25) is 0 Å². The van der Waals surface area contributed by atoms with E-state index < -0.39 is 16.0 Å². The first-order chi connectivity index (χ1) is 9.31. The Morgan fingerprint density at radius 2 is 2.15 bits per heavy atom. The van der Waals surface area contributed by atoms with E-state index in [0.29, 0.717) is 0 Å². The van der Waals surface area contributed by atoms with Gasteiger partial charge in [-0.2, -0.15) is 0 Å². The van der Waals surface area contributed by atoms with E-state index >= 15 is 0 Å². The monoisotopic (exact) mass is 304 g/mol. The predicted molar refractivity (Wildman–Crippen MR) is 73.1 cm³/mol. The number of ether oxygens (including phenoxy) is 1. The minimum atomic E-state index is -3.72. The molecule has 0 saturated heterocycles. The molecular weight excluding hydrogens is 284 g/mol. The summed E-state index contributed by atoms with van der Waals surface area (Å²) in [5.74, 6) is -0.699. The van der Waals surface area contributed by atoms with Crippen molar-refractivity contribution < 1.29 is 22.4 Å². The lowest BCUT2D eigenvalue weighted by Crippen LogP contribution is -2.38. The Hall–Kier alpha value is -1.38. The van der Waals surface area contributed by atoms with Gasteiger partial charge in [-0.15, -0.1) is 0 Å². The normalized spacial score (nSPS) is 13.2. The zero-order valence-electron chi connectivity index (χ0n) is 12.0. The molecule has 0 aliphatic rings. The Morgan fingerprint density at radius 1 is 1.50 bits per heavy atom. The number of carbonyl (C=O) groups excluding carboxylic acids is 1. The van der Waals surface area contributed by atoms with Gasteiger partial charge in [-0.05, 0) is 20.4 Å². The average Bonchev–Trinajstić information content (AvgIpc) is 2.79. The molecule has 20 heavy (non-hydrogen) atoms. The first-order valence-electron chi connectivity index (χ1n) is 6.23. The molecule has 2 N–H and O–H groups in total. The summed E-state index contributed by atoms with van der Waals surface area (Å²) >= 11 is 0. The van der Waals surface area contributed by atoms with Crippen molar-refractivity contribution in [2.24, 2.45) is 0 Å². The van der Waals surface area contributed by atoms with Gasteiger partial charge in [0.2, 0.25) is 15.8 Å². The van der Waals surface area contributed by atoms with Crippen LogP contribution in [0.4, 0.5) is 0 Å². The van der Waals surface area contributed by atoms with Crippen LogP contribution in [0.5, 0.6) is 0 Å². The third-order valence-corrected chi connectivity index (χ3v) is 4.21. The molecule has 1 heterocycles. The van der Waals surface area contributed by atoms with E-state index in [9.17, 15) is 13.2 Å². The van der Waals surface area contributed by atoms with Crippen LogP contribution in [0.1, 0.15) is 30.2 Å². The molecule has 1 atom stereocenters. The van der Waals surface area contributed by atoms with Gasteiger partial charge in [0.05, 0.1) is 7.11 Å². The van der Waals surface area contributed by atoms with Crippen LogP contribution in [-0.4, -0.2) is 40.6 Å². The number of hydrogen-bond acceptors (Lipinski definition) is 6. The van der Waals surface area contributed by atoms with E-state index in [-0.39, 0.29) is 29.0 Å². The van der Waals surface area contributed by atoms with Crippen LogP contribution in [-0.2, 0) is 14.8 Å². The first kappa shape index (κ1) is 16.7. The number of methoxy groups -OCH3 is 1. The molecule has 0 aliphatic heterocycles. The van der Waals surface area contributed by atoms with Crippen molar-refractivity contribution >= 4 is 16.0 Å². The Balaban J connectivity index is 2.87. The van der Waals surface area contributed by atoms with Gasteiger partial charge in [-0.3, -0.25) is 0 Å². The number of carbonyl (C=O) groups is 1. The van der Waals surface area contributed by atoms with Crippen LogP contribution >= 0.6 is 0 Å². The van der Waals surface area contributed by atoms with Crippen molar-refractivity contribution in [3.63, 3.8) is 0 Å². The van der Waals surface area contributed by atoms with Gasteiger partial charge in [0.25, 0.3) is 0 Å². The van der Waals surface area contributed by atoms with Crippen molar-refractivity contribution in [1.29, 1.82) is 0 Å². The number of hydrogen-bond donors (Lipinski definition) is 2. The molecule has 1 rings (SSSR count). The molecular formula is C12H20N2O5S. The first-order valence-corrected chi connectivity index (χ1v) is 7.72. The number of rotatable bonds is 7. The van der Waals surface area contributed by atoms with Gasteiger partial charge in [-0.1, -0.05) is 6.92 Å². The van der Waals surface area contributed by atoms with Gasteiger partial charge in [0, 0.05) is 18.7 Å². The molecule has 114 valence electrons. The summed E-state index contributed by atoms with van der Waals surface area (Å²) in [6.45, 7) is 6.28. The van der Waals surface area contributed by atoms with E-state index in [1.54, 1.807) is 0 Å². The third-order valence-electron chi connectivity index (χ3n) is 2.68. The van der Waals surface area contributed by atoms with Gasteiger partial charge < -0.3 is 14.5 Å². The Morgan fingerprint density at radius 3 is 2.70 bits per heavy atom. The molecule has 0 spiro atoms. The number of likely N-dealkylation sites (N-methyl/N-ethyl adjacent to an activating group) is 1. The molecule has 0 bridgehead atoms. The minimum Gasteiger partial charge on any atom is -0.463 e. The van der Waals surface area contributed by atoms with E-state index in [2.05, 4.69) is 14.8 Å². The number of aryl methyl sites for hydroxylation is 1. The van der Waals surface area contributed by atoms with Crippen molar-refractivity contribution in [2.45, 2.75) is 31.7 Å². The molecule has 0 amide bonds. The summed E-state index contributed by atoms with van der Waals surface area (Å²) in [6.07, 6.45) is 0. The summed E-state index contributed by atoms with van der Waals surface area (Å²) in [7, 11) is -2.52. The Labute approximate surface area is 118 Å². The summed E-state index contributed by atoms with van der Waals surface area (Å²) < 4.78 is 36.3. The van der Waals surface area contributed by atoms with Crippen molar-refractivity contribution in [1.82, 2.24) is 10.0 Å². The fourth-order valence-electron chi connectivity index (χ4n) is 1.67. The van der Waals surface area contributed by atoms with Crippen LogP contribution in [0.3, 0.4) is 0 Å². The maximum atomic E-state index is 12.1. The fourth-order valence-corrected chi connectivity index (χ4v) is 2.97. The number of sulfonamides is 1. The summed E-state index contributed by atoms with van der Waals surface area (Å²) in [5, 5.41) is 3.09. The maximum Gasteiger partial charge on any atom is 0.373 e. The van der Waals surface area contributed by atoms with Crippen LogP contribution in [0, 0.1) is 6.92 Å². The highest BCUT2D eigenvalue weighted by Gasteiger charge is 2.24. The highest BCUT2D eigenvalue weighted by atomic mass is 32.2. The summed E-state index contributed by atoms with van der Waals surface area (Å²) in [5.41, 5.74) is 0. The molecule has 1 aromatic heterocycles. The average molecular weight is 304 g/mol. The highest BCUT2D eigenvalue weighted by Crippen LogP contribution is 2.20. The second kappa shape index (κ2) is 6.87. The smallest absolute Gasteiger partial charge is 0.373 e.